The molecule has 1 saturated heterocycles. The number of benzene rings is 2. The Morgan fingerprint density at radius 3 is 2.46 bits per heavy atom. The number of rotatable bonds is 5. The standard InChI is InChI=1S/C31H33F2N5O3/c1-31(2,3)41-30(39)37-16-14-36(15-17-37)27-12-9-21(19-34-27)20-8-10-23-25(18-20)38-24(11-13-28(38)35-23)22-6-4-5-7-26(22)40-29(32)33/h4-10,12,18-19,24,29H,11,13-17H2,1-3H3/t24-/m1/s1. The van der Waals surface area contributed by atoms with Crippen molar-refractivity contribution in [1.29, 1.82) is 0 Å². The highest BCUT2D eigenvalue weighted by atomic mass is 19.3. The predicted molar refractivity (Wildman–Crippen MR) is 153 cm³/mol. The smallest absolute Gasteiger partial charge is 0.410 e. The molecule has 1 atom stereocenters. The first-order valence-corrected chi connectivity index (χ1v) is 13.9. The fraction of sp³-hybridized carbons (Fsp3) is 0.387. The minimum absolute atomic E-state index is 0.139. The third kappa shape index (κ3) is 5.55. The lowest BCUT2D eigenvalue weighted by molar-refractivity contribution is -0.0506. The van der Waals surface area contributed by atoms with Crippen molar-refractivity contribution in [2.75, 3.05) is 31.1 Å². The van der Waals surface area contributed by atoms with Gasteiger partial charge in [0.15, 0.2) is 0 Å². The van der Waals surface area contributed by atoms with Gasteiger partial charge in [0.25, 0.3) is 0 Å². The minimum Gasteiger partial charge on any atom is -0.444 e. The third-order valence-corrected chi connectivity index (χ3v) is 7.55. The first kappa shape index (κ1) is 27.0. The summed E-state index contributed by atoms with van der Waals surface area (Å²) in [5, 5.41) is 0. The Bertz CT molecular complexity index is 1560. The monoisotopic (exact) mass is 561 g/mol. The molecule has 4 aromatic rings. The normalized spacial score (nSPS) is 17.3. The Morgan fingerprint density at radius 1 is 1.00 bits per heavy atom. The van der Waals surface area contributed by atoms with Crippen LogP contribution in [-0.2, 0) is 11.2 Å². The molecule has 1 amide bonds. The van der Waals surface area contributed by atoms with Crippen LogP contribution in [-0.4, -0.2) is 63.9 Å². The number of aryl methyl sites for hydroxylation is 1. The van der Waals surface area contributed by atoms with Gasteiger partial charge in [0.2, 0.25) is 0 Å². The number of para-hydroxylation sites is 1. The number of ether oxygens (including phenoxy) is 2. The number of aromatic nitrogens is 3. The number of nitrogens with zero attached hydrogens (tertiary/aromatic N) is 5. The summed E-state index contributed by atoms with van der Waals surface area (Å²) in [5.41, 5.74) is 4.00. The number of alkyl halides is 2. The second-order valence-electron chi connectivity index (χ2n) is 11.4. The van der Waals surface area contributed by atoms with E-state index in [0.29, 0.717) is 26.2 Å². The molecule has 0 bridgehead atoms. The van der Waals surface area contributed by atoms with Crippen LogP contribution in [0.25, 0.3) is 22.2 Å². The number of carbonyl (C=O) groups is 1. The molecular formula is C31H33F2N5O3. The SMILES string of the molecule is CC(C)(C)OC(=O)N1CCN(c2ccc(-c3ccc4nc5n(c4c3)[C@@H](c3ccccc3OC(F)F)CC5)cn2)CC1. The van der Waals surface area contributed by atoms with E-state index >= 15 is 0 Å². The van der Waals surface area contributed by atoms with E-state index in [1.165, 1.54) is 0 Å². The quantitative estimate of drug-likeness (QED) is 0.285. The fourth-order valence-corrected chi connectivity index (χ4v) is 5.68. The molecule has 1 fully saturated rings. The zero-order chi connectivity index (χ0) is 28.7. The Morgan fingerprint density at radius 2 is 1.76 bits per heavy atom. The van der Waals surface area contributed by atoms with Gasteiger partial charge >= 0.3 is 12.7 Å². The summed E-state index contributed by atoms with van der Waals surface area (Å²) in [4.78, 5) is 25.8. The molecule has 8 nitrogen and oxygen atoms in total. The van der Waals surface area contributed by atoms with Gasteiger partial charge in [0.05, 0.1) is 17.1 Å². The van der Waals surface area contributed by atoms with Crippen LogP contribution in [0.15, 0.2) is 60.8 Å². The average Bonchev–Trinajstić information content (AvgIpc) is 3.52. The van der Waals surface area contributed by atoms with E-state index in [9.17, 15) is 13.6 Å². The van der Waals surface area contributed by atoms with E-state index in [-0.39, 0.29) is 17.9 Å². The molecule has 2 aliphatic rings. The molecule has 0 N–H and O–H groups in total. The number of fused-ring (bicyclic) bond motifs is 3. The number of amides is 1. The van der Waals surface area contributed by atoms with Gasteiger partial charge in [-0.15, -0.1) is 0 Å². The topological polar surface area (TPSA) is 72.7 Å². The lowest BCUT2D eigenvalue weighted by Crippen LogP contribution is -2.50. The van der Waals surface area contributed by atoms with Gasteiger partial charge in [-0.25, -0.2) is 14.8 Å². The van der Waals surface area contributed by atoms with Crippen molar-refractivity contribution in [3.63, 3.8) is 0 Å². The molecule has 2 aromatic heterocycles. The summed E-state index contributed by atoms with van der Waals surface area (Å²) >= 11 is 0. The third-order valence-electron chi connectivity index (χ3n) is 7.55. The van der Waals surface area contributed by atoms with Crippen LogP contribution in [0, 0.1) is 0 Å². The summed E-state index contributed by atoms with van der Waals surface area (Å²) in [6, 6.07) is 17.0. The van der Waals surface area contributed by atoms with Crippen LogP contribution in [0.3, 0.4) is 0 Å². The number of hydrogen-bond acceptors (Lipinski definition) is 6. The summed E-state index contributed by atoms with van der Waals surface area (Å²) in [6.07, 6.45) is 3.11. The highest BCUT2D eigenvalue weighted by Gasteiger charge is 2.30. The second-order valence-corrected chi connectivity index (χ2v) is 11.4. The van der Waals surface area contributed by atoms with E-state index in [1.54, 1.807) is 17.0 Å². The molecule has 2 aromatic carbocycles. The number of piperazine rings is 1. The molecule has 214 valence electrons. The molecule has 6 rings (SSSR count). The van der Waals surface area contributed by atoms with Crippen LogP contribution < -0.4 is 9.64 Å². The van der Waals surface area contributed by atoms with Crippen LogP contribution in [0.5, 0.6) is 5.75 Å². The molecule has 2 aliphatic heterocycles. The van der Waals surface area contributed by atoms with E-state index in [2.05, 4.69) is 15.5 Å². The molecule has 41 heavy (non-hydrogen) atoms. The van der Waals surface area contributed by atoms with Gasteiger partial charge in [-0.3, -0.25) is 0 Å². The van der Waals surface area contributed by atoms with Crippen molar-refractivity contribution in [3.8, 4) is 16.9 Å². The van der Waals surface area contributed by atoms with Crippen molar-refractivity contribution in [2.45, 2.75) is 51.9 Å². The number of carbonyl (C=O) groups excluding carboxylic acids is 1. The van der Waals surface area contributed by atoms with Gasteiger partial charge in [-0.2, -0.15) is 8.78 Å². The van der Waals surface area contributed by atoms with E-state index in [4.69, 9.17) is 19.4 Å². The molecule has 0 unspecified atom stereocenters. The van der Waals surface area contributed by atoms with Crippen molar-refractivity contribution < 1.29 is 23.0 Å². The molecular weight excluding hydrogens is 528 g/mol. The first-order chi connectivity index (χ1) is 19.7. The Kier molecular flexibility index (Phi) is 7.01. The maximum absolute atomic E-state index is 13.1. The lowest BCUT2D eigenvalue weighted by atomic mass is 10.0. The minimum atomic E-state index is -2.88. The predicted octanol–water partition coefficient (Wildman–Crippen LogP) is 6.29. The van der Waals surface area contributed by atoms with Crippen LogP contribution in [0.2, 0.25) is 0 Å². The number of halogens is 2. The van der Waals surface area contributed by atoms with Crippen molar-refractivity contribution in [3.05, 3.63) is 72.2 Å². The molecule has 0 saturated carbocycles. The first-order valence-electron chi connectivity index (χ1n) is 13.9. The van der Waals surface area contributed by atoms with Crippen LogP contribution in [0.4, 0.5) is 19.4 Å². The van der Waals surface area contributed by atoms with Gasteiger partial charge < -0.3 is 23.8 Å². The molecule has 0 aliphatic carbocycles. The second kappa shape index (κ2) is 10.6. The number of hydrogen-bond donors (Lipinski definition) is 0. The van der Waals surface area contributed by atoms with Crippen molar-refractivity contribution >= 4 is 22.9 Å². The van der Waals surface area contributed by atoms with E-state index in [1.807, 2.05) is 63.4 Å². The zero-order valence-corrected chi connectivity index (χ0v) is 23.4. The molecule has 4 heterocycles. The highest BCUT2D eigenvalue weighted by Crippen LogP contribution is 2.40. The number of anilines is 1. The summed E-state index contributed by atoms with van der Waals surface area (Å²) in [7, 11) is 0. The lowest BCUT2D eigenvalue weighted by Gasteiger charge is -2.36. The summed E-state index contributed by atoms with van der Waals surface area (Å²) < 4.78 is 38.7. The molecule has 0 radical (unpaired) electrons. The Hall–Kier alpha value is -4.21. The maximum Gasteiger partial charge on any atom is 0.410 e. The van der Waals surface area contributed by atoms with E-state index in [0.717, 1.165) is 52.2 Å². The average molecular weight is 562 g/mol. The van der Waals surface area contributed by atoms with Gasteiger partial charge in [-0.1, -0.05) is 24.3 Å². The summed E-state index contributed by atoms with van der Waals surface area (Å²) in [6.45, 7) is 5.24. The van der Waals surface area contributed by atoms with Crippen LogP contribution in [0.1, 0.15) is 44.6 Å². The fourth-order valence-electron chi connectivity index (χ4n) is 5.68. The zero-order valence-electron chi connectivity index (χ0n) is 23.4. The van der Waals surface area contributed by atoms with Gasteiger partial charge in [-0.05, 0) is 63.1 Å². The molecule has 10 heteroatoms. The number of imidazole rings is 1. The van der Waals surface area contributed by atoms with Crippen molar-refractivity contribution in [2.24, 2.45) is 0 Å². The van der Waals surface area contributed by atoms with E-state index < -0.39 is 12.2 Å². The van der Waals surface area contributed by atoms with Gasteiger partial charge in [0.1, 0.15) is 23.0 Å². The maximum atomic E-state index is 13.1. The Balaban J connectivity index is 1.21. The van der Waals surface area contributed by atoms with Crippen LogP contribution >= 0.6 is 0 Å². The van der Waals surface area contributed by atoms with Crippen molar-refractivity contribution in [1.82, 2.24) is 19.4 Å². The highest BCUT2D eigenvalue weighted by molar-refractivity contribution is 5.83. The number of pyridine rings is 1. The Labute approximate surface area is 237 Å². The molecule has 0 spiro atoms. The largest absolute Gasteiger partial charge is 0.444 e. The summed E-state index contributed by atoms with van der Waals surface area (Å²) in [5.74, 6) is 2.00. The van der Waals surface area contributed by atoms with Gasteiger partial charge in [0, 0.05) is 49.9 Å².